The number of halogens is 1. The third kappa shape index (κ3) is 2.38. The summed E-state index contributed by atoms with van der Waals surface area (Å²) in [6.45, 7) is 5.53. The van der Waals surface area contributed by atoms with Crippen LogP contribution >= 0.6 is 11.6 Å². The Morgan fingerprint density at radius 1 is 1.50 bits per heavy atom. The van der Waals surface area contributed by atoms with Gasteiger partial charge >= 0.3 is 0 Å². The van der Waals surface area contributed by atoms with Gasteiger partial charge in [-0.3, -0.25) is 9.59 Å². The van der Waals surface area contributed by atoms with E-state index in [2.05, 4.69) is 15.5 Å². The summed E-state index contributed by atoms with van der Waals surface area (Å²) >= 11 is 5.77. The Morgan fingerprint density at radius 2 is 2.17 bits per heavy atom. The minimum absolute atomic E-state index is 0.0133. The van der Waals surface area contributed by atoms with Crippen molar-refractivity contribution >= 4 is 28.5 Å². The van der Waals surface area contributed by atoms with Gasteiger partial charge in [0.05, 0.1) is 5.39 Å². The highest BCUT2D eigenvalue weighted by atomic mass is 35.5. The number of rotatable bonds is 1. The number of carbonyl (C=O) groups is 1. The van der Waals surface area contributed by atoms with E-state index in [0.717, 1.165) is 0 Å². The van der Waals surface area contributed by atoms with Gasteiger partial charge < -0.3 is 9.73 Å². The van der Waals surface area contributed by atoms with E-state index in [9.17, 15) is 9.59 Å². The first kappa shape index (κ1) is 12.6. The van der Waals surface area contributed by atoms with Crippen molar-refractivity contribution < 1.29 is 9.21 Å². The zero-order valence-electron chi connectivity index (χ0n) is 10.1. The minimum Gasteiger partial charge on any atom is -0.447 e. The van der Waals surface area contributed by atoms with E-state index in [1.165, 1.54) is 6.07 Å². The average molecular weight is 270 g/mol. The second-order valence-corrected chi connectivity index (χ2v) is 5.26. The highest BCUT2D eigenvalue weighted by molar-refractivity contribution is 6.33. The third-order valence-corrected chi connectivity index (χ3v) is 2.39. The van der Waals surface area contributed by atoms with Crippen molar-refractivity contribution in [3.05, 3.63) is 27.3 Å². The summed E-state index contributed by atoms with van der Waals surface area (Å²) in [5.41, 5.74) is -0.739. The van der Waals surface area contributed by atoms with Gasteiger partial charge in [-0.1, -0.05) is 11.6 Å². The summed E-state index contributed by atoms with van der Waals surface area (Å²) < 4.78 is 5.26. The van der Waals surface area contributed by atoms with Crippen LogP contribution in [0.25, 0.3) is 11.0 Å². The van der Waals surface area contributed by atoms with E-state index < -0.39 is 17.0 Å². The third-order valence-electron chi connectivity index (χ3n) is 2.13. The lowest BCUT2D eigenvalue weighted by molar-refractivity contribution is 0.0893. The van der Waals surface area contributed by atoms with Crippen LogP contribution in [0.1, 0.15) is 31.3 Å². The fourth-order valence-corrected chi connectivity index (χ4v) is 1.62. The number of carbonyl (C=O) groups excluding carboxylic acids is 1. The molecular weight excluding hydrogens is 258 g/mol. The molecule has 0 unspecified atom stereocenters. The molecule has 2 heterocycles. The lowest BCUT2D eigenvalue weighted by Crippen LogP contribution is -2.40. The van der Waals surface area contributed by atoms with Crippen molar-refractivity contribution in [3.63, 3.8) is 0 Å². The number of amides is 1. The summed E-state index contributed by atoms with van der Waals surface area (Å²) in [7, 11) is 0. The van der Waals surface area contributed by atoms with Crippen molar-refractivity contribution in [1.82, 2.24) is 15.5 Å². The second-order valence-electron chi connectivity index (χ2n) is 4.90. The molecule has 2 aromatic heterocycles. The number of aromatic nitrogens is 2. The molecule has 18 heavy (non-hydrogen) atoms. The van der Waals surface area contributed by atoms with Gasteiger partial charge in [0.25, 0.3) is 11.5 Å². The van der Waals surface area contributed by atoms with Crippen LogP contribution in [-0.2, 0) is 0 Å². The molecule has 6 nitrogen and oxygen atoms in total. The molecule has 0 aliphatic rings. The van der Waals surface area contributed by atoms with E-state index in [-0.39, 0.29) is 21.9 Å². The maximum atomic E-state index is 11.9. The van der Waals surface area contributed by atoms with Gasteiger partial charge in [0.2, 0.25) is 0 Å². The lowest BCUT2D eigenvalue weighted by Gasteiger charge is -2.19. The molecule has 0 radical (unpaired) electrons. The number of nitrogens with zero attached hydrogens (tertiary/aromatic N) is 1. The molecule has 0 fully saturated rings. The molecule has 0 bridgehead atoms. The van der Waals surface area contributed by atoms with Crippen LogP contribution in [0.3, 0.4) is 0 Å². The fraction of sp³-hybridized carbons (Fsp3) is 0.364. The maximum Gasteiger partial charge on any atom is 0.287 e. The first-order chi connectivity index (χ1) is 8.28. The van der Waals surface area contributed by atoms with Gasteiger partial charge in [0.15, 0.2) is 16.5 Å². The van der Waals surface area contributed by atoms with Gasteiger partial charge in [-0.2, -0.15) is 5.10 Å². The number of H-pyrrole nitrogens is 1. The predicted molar refractivity (Wildman–Crippen MR) is 66.9 cm³/mol. The molecule has 0 aliphatic heterocycles. The summed E-state index contributed by atoms with van der Waals surface area (Å²) in [6, 6.07) is 1.35. The van der Waals surface area contributed by atoms with Crippen LogP contribution in [0, 0.1) is 0 Å². The summed E-state index contributed by atoms with van der Waals surface area (Å²) in [5, 5.41) is 8.71. The second kappa shape index (κ2) is 4.13. The van der Waals surface area contributed by atoms with Crippen molar-refractivity contribution in [3.8, 4) is 0 Å². The molecule has 0 aromatic carbocycles. The molecule has 96 valence electrons. The number of aromatic amines is 1. The minimum atomic E-state index is -0.451. The number of nitrogens with one attached hydrogen (secondary N) is 2. The Morgan fingerprint density at radius 3 is 2.72 bits per heavy atom. The predicted octanol–water partition coefficient (Wildman–Crippen LogP) is 1.70. The molecule has 0 saturated heterocycles. The van der Waals surface area contributed by atoms with E-state index in [1.807, 2.05) is 20.8 Å². The van der Waals surface area contributed by atoms with Crippen LogP contribution < -0.4 is 10.9 Å². The number of hydrogen-bond acceptors (Lipinski definition) is 4. The van der Waals surface area contributed by atoms with Gasteiger partial charge in [-0.25, -0.2) is 5.10 Å². The zero-order chi connectivity index (χ0) is 13.5. The largest absolute Gasteiger partial charge is 0.447 e. The van der Waals surface area contributed by atoms with Crippen LogP contribution in [0.5, 0.6) is 0 Å². The van der Waals surface area contributed by atoms with E-state index in [0.29, 0.717) is 0 Å². The first-order valence-corrected chi connectivity index (χ1v) is 5.66. The van der Waals surface area contributed by atoms with Crippen molar-refractivity contribution in [2.24, 2.45) is 0 Å². The fourth-order valence-electron chi connectivity index (χ4n) is 1.44. The molecule has 0 aliphatic carbocycles. The maximum absolute atomic E-state index is 11.9. The quantitative estimate of drug-likeness (QED) is 0.825. The molecular formula is C11H12ClN3O3. The number of furan rings is 1. The Kier molecular flexibility index (Phi) is 2.90. The zero-order valence-corrected chi connectivity index (χ0v) is 10.9. The number of hydrogen-bond donors (Lipinski definition) is 2. The Balaban J connectivity index is 2.48. The molecule has 2 N–H and O–H groups in total. The van der Waals surface area contributed by atoms with Crippen molar-refractivity contribution in [1.29, 1.82) is 0 Å². The topological polar surface area (TPSA) is 88.0 Å². The molecule has 7 heteroatoms. The van der Waals surface area contributed by atoms with Crippen LogP contribution in [-0.4, -0.2) is 21.6 Å². The first-order valence-electron chi connectivity index (χ1n) is 5.28. The van der Waals surface area contributed by atoms with Crippen LogP contribution in [0.4, 0.5) is 0 Å². The standard InChI is InChI=1S/C11H12ClN3O3/c1-11(2,3)13-10(17)6-4-5-7(18-6)8(12)14-15-9(5)16/h4H,1-3H3,(H,13,17)(H,15,16). The Bertz CT molecular complexity index is 666. The molecule has 2 aromatic rings. The molecule has 1 amide bonds. The summed E-state index contributed by atoms with van der Waals surface area (Å²) in [4.78, 5) is 23.4. The number of fused-ring (bicyclic) bond motifs is 1. The molecule has 0 saturated carbocycles. The van der Waals surface area contributed by atoms with Gasteiger partial charge in [0, 0.05) is 11.6 Å². The highest BCUT2D eigenvalue weighted by Gasteiger charge is 2.20. The highest BCUT2D eigenvalue weighted by Crippen LogP contribution is 2.21. The summed E-state index contributed by atoms with van der Waals surface area (Å²) in [5.74, 6) is -0.380. The van der Waals surface area contributed by atoms with Gasteiger partial charge in [0.1, 0.15) is 0 Å². The summed E-state index contributed by atoms with van der Waals surface area (Å²) in [6.07, 6.45) is 0. The smallest absolute Gasteiger partial charge is 0.287 e. The van der Waals surface area contributed by atoms with E-state index in [1.54, 1.807) is 0 Å². The molecule has 0 atom stereocenters. The lowest BCUT2D eigenvalue weighted by atomic mass is 10.1. The normalized spacial score (nSPS) is 11.8. The van der Waals surface area contributed by atoms with Crippen LogP contribution in [0.2, 0.25) is 5.15 Å². The van der Waals surface area contributed by atoms with Crippen molar-refractivity contribution in [2.45, 2.75) is 26.3 Å². The molecule has 2 rings (SSSR count). The van der Waals surface area contributed by atoms with Gasteiger partial charge in [-0.15, -0.1) is 0 Å². The Labute approximate surface area is 107 Å². The average Bonchev–Trinajstić information content (AvgIpc) is 2.67. The molecule has 0 spiro atoms. The van der Waals surface area contributed by atoms with Crippen molar-refractivity contribution in [2.75, 3.05) is 0 Å². The van der Waals surface area contributed by atoms with Crippen LogP contribution in [0.15, 0.2) is 15.3 Å². The Hall–Kier alpha value is -1.82. The van der Waals surface area contributed by atoms with E-state index >= 15 is 0 Å². The monoisotopic (exact) mass is 269 g/mol. The van der Waals surface area contributed by atoms with Gasteiger partial charge in [-0.05, 0) is 20.8 Å². The van der Waals surface area contributed by atoms with E-state index in [4.69, 9.17) is 16.0 Å². The SMILES string of the molecule is CC(C)(C)NC(=O)c1cc2c(=O)[nH]nc(Cl)c2o1.